The molecule has 16 heavy (non-hydrogen) atoms. The summed E-state index contributed by atoms with van der Waals surface area (Å²) in [5, 5.41) is 6.92. The number of rotatable bonds is 4. The van der Waals surface area contributed by atoms with Gasteiger partial charge in [0, 0.05) is 36.8 Å². The van der Waals surface area contributed by atoms with Crippen LogP contribution in [0.25, 0.3) is 0 Å². The molecule has 1 saturated heterocycles. The minimum atomic E-state index is 0.607. The predicted molar refractivity (Wildman–Crippen MR) is 68.7 cm³/mol. The molecule has 0 spiro atoms. The van der Waals surface area contributed by atoms with Crippen LogP contribution in [0.5, 0.6) is 0 Å². The number of nitrogens with zero attached hydrogens (tertiary/aromatic N) is 2. The maximum atomic E-state index is 4.34. The molecule has 1 aromatic heterocycles. The summed E-state index contributed by atoms with van der Waals surface area (Å²) in [4.78, 5) is 6.85. The molecule has 3 nitrogen and oxygen atoms in total. The van der Waals surface area contributed by atoms with E-state index in [0.29, 0.717) is 12.1 Å². The van der Waals surface area contributed by atoms with Crippen molar-refractivity contribution in [2.24, 2.45) is 0 Å². The van der Waals surface area contributed by atoms with Crippen molar-refractivity contribution in [1.82, 2.24) is 15.2 Å². The first kappa shape index (κ1) is 12.0. The van der Waals surface area contributed by atoms with Gasteiger partial charge in [-0.25, -0.2) is 4.98 Å². The molecular formula is C12H21N3S. The number of piperidine rings is 1. The number of likely N-dealkylation sites (tertiary alicyclic amines) is 1. The van der Waals surface area contributed by atoms with Crippen LogP contribution < -0.4 is 5.32 Å². The van der Waals surface area contributed by atoms with Crippen LogP contribution in [0, 0.1) is 0 Å². The molecule has 1 N–H and O–H groups in total. The topological polar surface area (TPSA) is 28.2 Å². The fraction of sp³-hybridized carbons (Fsp3) is 0.750. The van der Waals surface area contributed by atoms with Crippen LogP contribution in [0.1, 0.15) is 31.7 Å². The first-order chi connectivity index (χ1) is 7.74. The smallest absolute Gasteiger partial charge is 0.107 e. The highest BCUT2D eigenvalue weighted by Gasteiger charge is 2.19. The van der Waals surface area contributed by atoms with Gasteiger partial charge >= 0.3 is 0 Å². The summed E-state index contributed by atoms with van der Waals surface area (Å²) in [7, 11) is 0. The Hall–Kier alpha value is -0.450. The van der Waals surface area contributed by atoms with Gasteiger partial charge in [-0.3, -0.25) is 4.90 Å². The second kappa shape index (κ2) is 5.75. The molecule has 0 saturated carbocycles. The average Bonchev–Trinajstić information content (AvgIpc) is 2.73. The summed E-state index contributed by atoms with van der Waals surface area (Å²) in [5.41, 5.74) is 0. The Morgan fingerprint density at radius 1 is 1.50 bits per heavy atom. The van der Waals surface area contributed by atoms with Gasteiger partial charge in [0.05, 0.1) is 6.54 Å². The Morgan fingerprint density at radius 3 is 2.81 bits per heavy atom. The van der Waals surface area contributed by atoms with Crippen LogP contribution in [-0.4, -0.2) is 35.1 Å². The molecule has 0 atom stereocenters. The van der Waals surface area contributed by atoms with Gasteiger partial charge in [0.15, 0.2) is 0 Å². The summed E-state index contributed by atoms with van der Waals surface area (Å²) < 4.78 is 0. The molecule has 0 bridgehead atoms. The Bertz CT molecular complexity index is 289. The summed E-state index contributed by atoms with van der Waals surface area (Å²) in [6, 6.07) is 1.32. The van der Waals surface area contributed by atoms with E-state index in [4.69, 9.17) is 0 Å². The van der Waals surface area contributed by atoms with Gasteiger partial charge in [-0.2, -0.15) is 0 Å². The molecule has 0 aliphatic carbocycles. The SMILES string of the molecule is CC(C)NC1CCN(Cc2nccs2)CC1. The molecule has 1 aromatic rings. The highest BCUT2D eigenvalue weighted by atomic mass is 32.1. The van der Waals surface area contributed by atoms with E-state index in [-0.39, 0.29) is 0 Å². The average molecular weight is 239 g/mol. The molecule has 1 aliphatic heterocycles. The molecule has 90 valence electrons. The molecule has 0 aromatic carbocycles. The molecule has 0 unspecified atom stereocenters. The van der Waals surface area contributed by atoms with Gasteiger partial charge in [0.25, 0.3) is 0 Å². The summed E-state index contributed by atoms with van der Waals surface area (Å²) in [6.07, 6.45) is 4.43. The van der Waals surface area contributed by atoms with Crippen molar-refractivity contribution in [1.29, 1.82) is 0 Å². The highest BCUT2D eigenvalue weighted by molar-refractivity contribution is 7.09. The number of hydrogen-bond donors (Lipinski definition) is 1. The highest BCUT2D eigenvalue weighted by Crippen LogP contribution is 2.15. The van der Waals surface area contributed by atoms with E-state index in [0.717, 1.165) is 6.54 Å². The van der Waals surface area contributed by atoms with Crippen molar-refractivity contribution < 1.29 is 0 Å². The maximum absolute atomic E-state index is 4.34. The largest absolute Gasteiger partial charge is 0.312 e. The zero-order valence-corrected chi connectivity index (χ0v) is 11.0. The predicted octanol–water partition coefficient (Wildman–Crippen LogP) is 2.11. The van der Waals surface area contributed by atoms with Crippen molar-refractivity contribution in [2.45, 2.75) is 45.3 Å². The molecule has 0 amide bonds. The Balaban J connectivity index is 1.73. The fourth-order valence-electron chi connectivity index (χ4n) is 2.25. The van der Waals surface area contributed by atoms with Gasteiger partial charge in [-0.05, 0) is 12.8 Å². The van der Waals surface area contributed by atoms with E-state index in [1.165, 1.54) is 30.9 Å². The van der Waals surface area contributed by atoms with Crippen LogP contribution in [0.2, 0.25) is 0 Å². The first-order valence-corrected chi connectivity index (χ1v) is 6.99. The van der Waals surface area contributed by atoms with Crippen LogP contribution in [0.15, 0.2) is 11.6 Å². The van der Waals surface area contributed by atoms with E-state index in [1.807, 2.05) is 6.20 Å². The van der Waals surface area contributed by atoms with Gasteiger partial charge in [0.2, 0.25) is 0 Å². The summed E-state index contributed by atoms with van der Waals surface area (Å²) in [6.45, 7) is 7.88. The molecule has 2 heterocycles. The third kappa shape index (κ3) is 3.54. The van der Waals surface area contributed by atoms with E-state index in [9.17, 15) is 0 Å². The van der Waals surface area contributed by atoms with Crippen molar-refractivity contribution in [2.75, 3.05) is 13.1 Å². The lowest BCUT2D eigenvalue weighted by atomic mass is 10.0. The summed E-state index contributed by atoms with van der Waals surface area (Å²) >= 11 is 1.76. The van der Waals surface area contributed by atoms with Gasteiger partial charge in [-0.15, -0.1) is 11.3 Å². The molecular weight excluding hydrogens is 218 g/mol. The second-order valence-corrected chi connectivity index (χ2v) is 5.78. The molecule has 1 aliphatic rings. The zero-order chi connectivity index (χ0) is 11.4. The fourth-order valence-corrected chi connectivity index (χ4v) is 2.91. The minimum Gasteiger partial charge on any atom is -0.312 e. The Labute approximate surface area is 102 Å². The van der Waals surface area contributed by atoms with E-state index < -0.39 is 0 Å². The lowest BCUT2D eigenvalue weighted by molar-refractivity contribution is 0.186. The number of thiazole rings is 1. The first-order valence-electron chi connectivity index (χ1n) is 6.11. The van der Waals surface area contributed by atoms with Crippen molar-refractivity contribution in [3.63, 3.8) is 0 Å². The van der Waals surface area contributed by atoms with Crippen LogP contribution in [-0.2, 0) is 6.54 Å². The lowest BCUT2D eigenvalue weighted by Crippen LogP contribution is -2.44. The normalized spacial score (nSPS) is 19.4. The quantitative estimate of drug-likeness (QED) is 0.872. The minimum absolute atomic E-state index is 0.607. The number of hydrogen-bond acceptors (Lipinski definition) is 4. The number of nitrogens with one attached hydrogen (secondary N) is 1. The van der Waals surface area contributed by atoms with E-state index >= 15 is 0 Å². The van der Waals surface area contributed by atoms with Gasteiger partial charge < -0.3 is 5.32 Å². The number of aromatic nitrogens is 1. The lowest BCUT2D eigenvalue weighted by Gasteiger charge is -2.32. The van der Waals surface area contributed by atoms with Crippen LogP contribution in [0.3, 0.4) is 0 Å². The van der Waals surface area contributed by atoms with Crippen molar-refractivity contribution in [3.05, 3.63) is 16.6 Å². The Kier molecular flexibility index (Phi) is 4.32. The van der Waals surface area contributed by atoms with E-state index in [1.54, 1.807) is 11.3 Å². The van der Waals surface area contributed by atoms with Crippen LogP contribution >= 0.6 is 11.3 Å². The molecule has 1 fully saturated rings. The molecule has 4 heteroatoms. The Morgan fingerprint density at radius 2 is 2.25 bits per heavy atom. The van der Waals surface area contributed by atoms with Crippen molar-refractivity contribution >= 4 is 11.3 Å². The van der Waals surface area contributed by atoms with Gasteiger partial charge in [0.1, 0.15) is 5.01 Å². The maximum Gasteiger partial charge on any atom is 0.107 e. The standard InChI is InChI=1S/C12H21N3S/c1-10(2)14-11-3-6-15(7-4-11)9-12-13-5-8-16-12/h5,8,10-11,14H,3-4,6-7,9H2,1-2H3. The van der Waals surface area contributed by atoms with Crippen LogP contribution in [0.4, 0.5) is 0 Å². The third-order valence-electron chi connectivity index (χ3n) is 3.00. The third-order valence-corrected chi connectivity index (χ3v) is 3.76. The monoisotopic (exact) mass is 239 g/mol. The molecule has 0 radical (unpaired) electrons. The van der Waals surface area contributed by atoms with Crippen molar-refractivity contribution in [3.8, 4) is 0 Å². The summed E-state index contributed by atoms with van der Waals surface area (Å²) in [5.74, 6) is 0. The van der Waals surface area contributed by atoms with Gasteiger partial charge in [-0.1, -0.05) is 13.8 Å². The second-order valence-electron chi connectivity index (χ2n) is 4.80. The molecule has 2 rings (SSSR count). The van der Waals surface area contributed by atoms with E-state index in [2.05, 4.69) is 34.4 Å². The zero-order valence-electron chi connectivity index (χ0n) is 10.1.